The summed E-state index contributed by atoms with van der Waals surface area (Å²) < 4.78 is 2.20. The molecule has 21 heavy (non-hydrogen) atoms. The topological polar surface area (TPSA) is 94.5 Å². The summed E-state index contributed by atoms with van der Waals surface area (Å²) in [6.45, 7) is 2.61. The van der Waals surface area contributed by atoms with Crippen LogP contribution < -0.4 is 11.1 Å². The zero-order valence-electron chi connectivity index (χ0n) is 11.1. The van der Waals surface area contributed by atoms with E-state index in [-0.39, 0.29) is 0 Å². The summed E-state index contributed by atoms with van der Waals surface area (Å²) in [6, 6.07) is 1.80. The Morgan fingerprint density at radius 3 is 2.95 bits per heavy atom. The van der Waals surface area contributed by atoms with Gasteiger partial charge in [0.05, 0.1) is 17.7 Å². The van der Waals surface area contributed by atoms with Gasteiger partial charge in [-0.2, -0.15) is 15.1 Å². The summed E-state index contributed by atoms with van der Waals surface area (Å²) in [4.78, 5) is 14.0. The smallest absolute Gasteiger partial charge is 0.254 e. The van der Waals surface area contributed by atoms with Crippen LogP contribution in [-0.4, -0.2) is 24.7 Å². The molecule has 0 bridgehead atoms. The fraction of sp³-hybridized carbons (Fsp3) is 0.167. The van der Waals surface area contributed by atoms with E-state index in [1.54, 1.807) is 34.5 Å². The van der Waals surface area contributed by atoms with Crippen LogP contribution in [0.4, 0.5) is 11.6 Å². The number of hydrogen-bond donors (Lipinski definition) is 2. The number of rotatable bonds is 4. The van der Waals surface area contributed by atoms with Gasteiger partial charge in [-0.25, -0.2) is 9.67 Å². The Morgan fingerprint density at radius 2 is 2.29 bits per heavy atom. The molecule has 0 saturated heterocycles. The Kier molecular flexibility index (Phi) is 3.84. The molecule has 0 aliphatic rings. The van der Waals surface area contributed by atoms with Gasteiger partial charge in [0.1, 0.15) is 16.1 Å². The summed E-state index contributed by atoms with van der Waals surface area (Å²) >= 11 is 5.01. The molecule has 3 N–H and O–H groups in total. The minimum atomic E-state index is 0.360. The molecule has 0 radical (unpaired) electrons. The standard InChI is InChI=1S/C12H12BrN7S/c1-7-8(21-6-16-7)5-15-11-9(13)10(14)18-12(19-11)20-4-2-3-17-20/h2-4,6H,5H2,1H3,(H3,14,15,18,19). The molecule has 3 rings (SSSR count). The third kappa shape index (κ3) is 2.88. The molecular weight excluding hydrogens is 354 g/mol. The molecule has 3 heterocycles. The van der Waals surface area contributed by atoms with Gasteiger partial charge in [0.15, 0.2) is 0 Å². The lowest BCUT2D eigenvalue weighted by atomic mass is 10.4. The Balaban J connectivity index is 1.89. The first-order chi connectivity index (χ1) is 10.1. The molecule has 0 aliphatic heterocycles. The number of nitrogens with zero attached hydrogens (tertiary/aromatic N) is 5. The number of aromatic nitrogens is 5. The number of aryl methyl sites for hydroxylation is 1. The van der Waals surface area contributed by atoms with Crippen molar-refractivity contribution in [2.75, 3.05) is 11.1 Å². The Bertz CT molecular complexity index is 753. The van der Waals surface area contributed by atoms with E-state index < -0.39 is 0 Å². The van der Waals surface area contributed by atoms with Crippen molar-refractivity contribution in [2.45, 2.75) is 13.5 Å². The van der Waals surface area contributed by atoms with E-state index in [0.29, 0.717) is 28.6 Å². The quantitative estimate of drug-likeness (QED) is 0.736. The zero-order valence-corrected chi connectivity index (χ0v) is 13.5. The normalized spacial score (nSPS) is 10.8. The minimum Gasteiger partial charge on any atom is -0.383 e. The van der Waals surface area contributed by atoms with Crippen molar-refractivity contribution in [1.82, 2.24) is 24.7 Å². The highest BCUT2D eigenvalue weighted by molar-refractivity contribution is 9.10. The number of anilines is 2. The largest absolute Gasteiger partial charge is 0.383 e. The molecule has 0 amide bonds. The molecule has 0 aliphatic carbocycles. The Morgan fingerprint density at radius 1 is 1.43 bits per heavy atom. The maximum Gasteiger partial charge on any atom is 0.254 e. The second kappa shape index (κ2) is 5.78. The molecule has 0 fully saturated rings. The van der Waals surface area contributed by atoms with Crippen LogP contribution in [-0.2, 0) is 6.54 Å². The summed E-state index contributed by atoms with van der Waals surface area (Å²) in [5.74, 6) is 1.41. The highest BCUT2D eigenvalue weighted by atomic mass is 79.9. The van der Waals surface area contributed by atoms with Crippen LogP contribution in [0.3, 0.4) is 0 Å². The molecule has 7 nitrogen and oxygen atoms in total. The van der Waals surface area contributed by atoms with Crippen molar-refractivity contribution >= 4 is 38.9 Å². The van der Waals surface area contributed by atoms with E-state index in [2.05, 4.69) is 41.3 Å². The van der Waals surface area contributed by atoms with Crippen LogP contribution in [0.25, 0.3) is 5.95 Å². The van der Waals surface area contributed by atoms with E-state index >= 15 is 0 Å². The van der Waals surface area contributed by atoms with Crippen LogP contribution in [0, 0.1) is 6.92 Å². The third-order valence-corrected chi connectivity index (χ3v) is 4.55. The van der Waals surface area contributed by atoms with E-state index in [1.165, 1.54) is 0 Å². The lowest BCUT2D eigenvalue weighted by Crippen LogP contribution is -2.10. The molecule has 3 aromatic rings. The fourth-order valence-electron chi connectivity index (χ4n) is 1.72. The molecule has 108 valence electrons. The average molecular weight is 366 g/mol. The van der Waals surface area contributed by atoms with E-state index in [4.69, 9.17) is 5.73 Å². The number of hydrogen-bond acceptors (Lipinski definition) is 7. The number of nitrogen functional groups attached to an aromatic ring is 1. The van der Waals surface area contributed by atoms with Gasteiger partial charge >= 0.3 is 0 Å². The van der Waals surface area contributed by atoms with Crippen molar-refractivity contribution in [3.63, 3.8) is 0 Å². The minimum absolute atomic E-state index is 0.360. The van der Waals surface area contributed by atoms with Gasteiger partial charge in [-0.3, -0.25) is 0 Å². The predicted octanol–water partition coefficient (Wildman–Crippen LogP) is 2.38. The highest BCUT2D eigenvalue weighted by Crippen LogP contribution is 2.27. The van der Waals surface area contributed by atoms with Crippen LogP contribution in [0.15, 0.2) is 28.4 Å². The molecular formula is C12H12BrN7S. The fourth-order valence-corrected chi connectivity index (χ4v) is 2.75. The number of halogens is 1. The van der Waals surface area contributed by atoms with Gasteiger partial charge in [-0.15, -0.1) is 11.3 Å². The zero-order chi connectivity index (χ0) is 14.8. The van der Waals surface area contributed by atoms with Gasteiger partial charge in [0.25, 0.3) is 5.95 Å². The van der Waals surface area contributed by atoms with Gasteiger partial charge in [0, 0.05) is 17.3 Å². The Labute approximate surface area is 133 Å². The number of nitrogens with one attached hydrogen (secondary N) is 1. The Hall–Kier alpha value is -2.00. The van der Waals surface area contributed by atoms with Gasteiger partial charge in [-0.1, -0.05) is 0 Å². The van der Waals surface area contributed by atoms with Crippen molar-refractivity contribution in [3.8, 4) is 5.95 Å². The summed E-state index contributed by atoms with van der Waals surface area (Å²) in [5, 5.41) is 7.36. The van der Waals surface area contributed by atoms with Crippen LogP contribution in [0.5, 0.6) is 0 Å². The van der Waals surface area contributed by atoms with E-state index in [9.17, 15) is 0 Å². The van der Waals surface area contributed by atoms with E-state index in [1.807, 2.05) is 12.4 Å². The first kappa shape index (κ1) is 14.0. The predicted molar refractivity (Wildman–Crippen MR) is 85.4 cm³/mol. The van der Waals surface area contributed by atoms with E-state index in [0.717, 1.165) is 10.6 Å². The maximum atomic E-state index is 5.92. The molecule has 0 unspecified atom stereocenters. The molecule has 3 aromatic heterocycles. The molecule has 9 heteroatoms. The van der Waals surface area contributed by atoms with Crippen LogP contribution >= 0.6 is 27.3 Å². The summed E-state index contributed by atoms with van der Waals surface area (Å²) in [6.07, 6.45) is 3.43. The van der Waals surface area contributed by atoms with Crippen molar-refractivity contribution in [3.05, 3.63) is 39.0 Å². The summed E-state index contributed by atoms with van der Waals surface area (Å²) in [5.41, 5.74) is 8.75. The second-order valence-corrected chi connectivity index (χ2v) is 5.97. The highest BCUT2D eigenvalue weighted by Gasteiger charge is 2.12. The maximum absolute atomic E-state index is 5.92. The van der Waals surface area contributed by atoms with Gasteiger partial charge in [-0.05, 0) is 28.9 Å². The van der Waals surface area contributed by atoms with Crippen molar-refractivity contribution in [1.29, 1.82) is 0 Å². The first-order valence-corrected chi connectivity index (χ1v) is 7.78. The molecule has 0 saturated carbocycles. The monoisotopic (exact) mass is 365 g/mol. The number of nitrogens with two attached hydrogens (primary N) is 1. The lowest BCUT2D eigenvalue weighted by Gasteiger charge is -2.10. The third-order valence-electron chi connectivity index (χ3n) is 2.84. The molecule has 0 atom stereocenters. The SMILES string of the molecule is Cc1ncsc1CNc1nc(-n2cccn2)nc(N)c1Br. The van der Waals surface area contributed by atoms with Gasteiger partial charge in [0.2, 0.25) is 0 Å². The van der Waals surface area contributed by atoms with Crippen LogP contribution in [0.1, 0.15) is 10.6 Å². The first-order valence-electron chi connectivity index (χ1n) is 6.11. The van der Waals surface area contributed by atoms with Gasteiger partial charge < -0.3 is 11.1 Å². The van der Waals surface area contributed by atoms with Crippen LogP contribution in [0.2, 0.25) is 0 Å². The lowest BCUT2D eigenvalue weighted by molar-refractivity contribution is 0.809. The second-order valence-electron chi connectivity index (χ2n) is 4.24. The van der Waals surface area contributed by atoms with Crippen molar-refractivity contribution < 1.29 is 0 Å². The van der Waals surface area contributed by atoms with Crippen molar-refractivity contribution in [2.24, 2.45) is 0 Å². The number of thiazole rings is 1. The summed E-state index contributed by atoms with van der Waals surface area (Å²) in [7, 11) is 0. The molecule has 0 aromatic carbocycles. The average Bonchev–Trinajstić information content (AvgIpc) is 3.12. The molecule has 0 spiro atoms.